The van der Waals surface area contributed by atoms with Gasteiger partial charge in [0.1, 0.15) is 0 Å². The number of rotatable bonds is 3. The van der Waals surface area contributed by atoms with Crippen LogP contribution in [0.5, 0.6) is 0 Å². The SMILES string of the molecule is CC(C)P(C(C)C)C(C)C.NN.[Ru]. The van der Waals surface area contributed by atoms with Crippen LogP contribution in [0.3, 0.4) is 0 Å². The molecule has 4 heteroatoms. The summed E-state index contributed by atoms with van der Waals surface area (Å²) in [5, 5.41) is 0. The van der Waals surface area contributed by atoms with Crippen molar-refractivity contribution in [3.63, 3.8) is 0 Å². The quantitative estimate of drug-likeness (QED) is 0.363. The maximum Gasteiger partial charge on any atom is 0 e. The predicted octanol–water partition coefficient (Wildman–Crippen LogP) is 2.51. The van der Waals surface area contributed by atoms with E-state index in [0.717, 1.165) is 17.0 Å². The smallest absolute Gasteiger partial charge is 0 e. The molecule has 0 fully saturated rings. The molecule has 0 aliphatic heterocycles. The molecule has 4 N–H and O–H groups in total. The summed E-state index contributed by atoms with van der Waals surface area (Å²) in [6.45, 7) is 14.1. The number of nitrogens with two attached hydrogens (primary N) is 2. The van der Waals surface area contributed by atoms with Crippen LogP contribution in [-0.4, -0.2) is 17.0 Å². The van der Waals surface area contributed by atoms with Crippen molar-refractivity contribution in [2.45, 2.75) is 58.5 Å². The van der Waals surface area contributed by atoms with Gasteiger partial charge in [0.05, 0.1) is 0 Å². The van der Waals surface area contributed by atoms with Gasteiger partial charge in [-0.15, -0.1) is 0 Å². The van der Waals surface area contributed by atoms with Gasteiger partial charge in [-0.05, 0) is 17.0 Å². The summed E-state index contributed by atoms with van der Waals surface area (Å²) in [6.07, 6.45) is 0. The second kappa shape index (κ2) is 11.1. The van der Waals surface area contributed by atoms with Gasteiger partial charge in [-0.2, -0.15) is 0 Å². The van der Waals surface area contributed by atoms with Crippen LogP contribution in [0.4, 0.5) is 0 Å². The third-order valence-electron chi connectivity index (χ3n) is 1.79. The first-order chi connectivity index (χ1) is 5.46. The molecule has 0 aliphatic rings. The molecule has 0 aromatic carbocycles. The normalized spacial score (nSPS) is 10.2. The average molecular weight is 293 g/mol. The molecule has 0 amide bonds. The molecule has 0 spiro atoms. The van der Waals surface area contributed by atoms with E-state index < -0.39 is 0 Å². The first-order valence-electron chi connectivity index (χ1n) is 4.57. The van der Waals surface area contributed by atoms with Gasteiger partial charge in [-0.25, -0.2) is 0 Å². The van der Waals surface area contributed by atoms with Gasteiger partial charge >= 0.3 is 0 Å². The summed E-state index contributed by atoms with van der Waals surface area (Å²) < 4.78 is 0. The van der Waals surface area contributed by atoms with Crippen LogP contribution in [0.15, 0.2) is 0 Å². The Bertz CT molecular complexity index is 78.6. The summed E-state index contributed by atoms with van der Waals surface area (Å²) in [4.78, 5) is 0. The number of hydrogen-bond donors (Lipinski definition) is 2. The minimum atomic E-state index is 0. The molecular formula is C9H25N2PRu. The molecule has 84 valence electrons. The zero-order valence-corrected chi connectivity index (χ0v) is 12.3. The van der Waals surface area contributed by atoms with Gasteiger partial charge in [-0.3, -0.25) is 11.7 Å². The molecule has 0 aliphatic carbocycles. The molecule has 0 rings (SSSR count). The first kappa shape index (κ1) is 19.5. The first-order valence-corrected chi connectivity index (χ1v) is 6.12. The number of hydrogen-bond acceptors (Lipinski definition) is 2. The Hall–Kier alpha value is 0.973. The largest absolute Gasteiger partial charge is 0.274 e. The van der Waals surface area contributed by atoms with Crippen LogP contribution in [0.2, 0.25) is 0 Å². The Morgan fingerprint density at radius 1 is 0.692 bits per heavy atom. The van der Waals surface area contributed by atoms with Gasteiger partial charge < -0.3 is 0 Å². The van der Waals surface area contributed by atoms with Crippen molar-refractivity contribution in [2.24, 2.45) is 11.7 Å². The molecule has 0 bridgehead atoms. The van der Waals surface area contributed by atoms with Gasteiger partial charge in [0.2, 0.25) is 0 Å². The van der Waals surface area contributed by atoms with Crippen LogP contribution in [0, 0.1) is 0 Å². The summed E-state index contributed by atoms with van der Waals surface area (Å²) in [5.74, 6) is 8.00. The van der Waals surface area contributed by atoms with Gasteiger partial charge in [0.25, 0.3) is 0 Å². The predicted molar refractivity (Wildman–Crippen MR) is 60.7 cm³/mol. The minimum Gasteiger partial charge on any atom is -0.274 e. The van der Waals surface area contributed by atoms with E-state index in [4.69, 9.17) is 0 Å². The Morgan fingerprint density at radius 3 is 0.846 bits per heavy atom. The van der Waals surface area contributed by atoms with Crippen molar-refractivity contribution in [1.29, 1.82) is 0 Å². The Labute approximate surface area is 97.7 Å². The van der Waals surface area contributed by atoms with Crippen LogP contribution in [0.25, 0.3) is 0 Å². The molecule has 0 aromatic heterocycles. The van der Waals surface area contributed by atoms with Crippen molar-refractivity contribution in [3.05, 3.63) is 0 Å². The fourth-order valence-electron chi connectivity index (χ4n) is 1.79. The zero-order chi connectivity index (χ0) is 10.3. The summed E-state index contributed by atoms with van der Waals surface area (Å²) in [5.41, 5.74) is 2.69. The molecule has 0 unspecified atom stereocenters. The van der Waals surface area contributed by atoms with Crippen LogP contribution in [-0.2, 0) is 19.5 Å². The Balaban J connectivity index is -0.000000309. The topological polar surface area (TPSA) is 52.0 Å². The Morgan fingerprint density at radius 2 is 0.846 bits per heavy atom. The zero-order valence-electron chi connectivity index (χ0n) is 9.69. The second-order valence-electron chi connectivity index (χ2n) is 3.73. The maximum atomic E-state index is 4.00. The van der Waals surface area contributed by atoms with Crippen molar-refractivity contribution in [1.82, 2.24) is 0 Å². The molecule has 0 saturated carbocycles. The van der Waals surface area contributed by atoms with Crippen molar-refractivity contribution in [3.8, 4) is 0 Å². The fourth-order valence-corrected chi connectivity index (χ4v) is 5.37. The maximum absolute atomic E-state index is 4.00. The van der Waals surface area contributed by atoms with Gasteiger partial charge in [0.15, 0.2) is 0 Å². The molecule has 2 nitrogen and oxygen atoms in total. The van der Waals surface area contributed by atoms with Crippen molar-refractivity contribution < 1.29 is 19.5 Å². The third-order valence-corrected chi connectivity index (χ3v) is 5.37. The third kappa shape index (κ3) is 9.28. The van der Waals surface area contributed by atoms with E-state index in [9.17, 15) is 0 Å². The average Bonchev–Trinajstić information content (AvgIpc) is 1.88. The van der Waals surface area contributed by atoms with E-state index >= 15 is 0 Å². The number of hydrazine groups is 1. The molecule has 0 saturated heterocycles. The van der Waals surface area contributed by atoms with Crippen LogP contribution >= 0.6 is 7.92 Å². The summed E-state index contributed by atoms with van der Waals surface area (Å²) in [7, 11) is 0.262. The molecule has 0 atom stereocenters. The van der Waals surface area contributed by atoms with Crippen molar-refractivity contribution in [2.75, 3.05) is 0 Å². The fraction of sp³-hybridized carbons (Fsp3) is 1.00. The molecular weight excluding hydrogens is 268 g/mol. The van der Waals surface area contributed by atoms with Crippen LogP contribution in [0.1, 0.15) is 41.5 Å². The second-order valence-corrected chi connectivity index (χ2v) is 7.72. The molecule has 13 heavy (non-hydrogen) atoms. The van der Waals surface area contributed by atoms with Gasteiger partial charge in [-0.1, -0.05) is 49.5 Å². The van der Waals surface area contributed by atoms with E-state index in [2.05, 4.69) is 53.2 Å². The molecule has 0 heterocycles. The van der Waals surface area contributed by atoms with Crippen LogP contribution < -0.4 is 11.7 Å². The summed E-state index contributed by atoms with van der Waals surface area (Å²) in [6, 6.07) is 0. The van der Waals surface area contributed by atoms with Crippen molar-refractivity contribution >= 4 is 7.92 Å². The van der Waals surface area contributed by atoms with E-state index in [1.54, 1.807) is 0 Å². The van der Waals surface area contributed by atoms with Gasteiger partial charge in [0, 0.05) is 19.5 Å². The Kier molecular flexibility index (Phi) is 16.6. The standard InChI is InChI=1S/C9H21P.H4N2.Ru/c1-7(2)10(8(3)4)9(5)6;1-2;/h7-9H,1-6H3;1-2H2;. The molecule has 0 radical (unpaired) electrons. The summed E-state index contributed by atoms with van der Waals surface area (Å²) >= 11 is 0. The minimum absolute atomic E-state index is 0. The van der Waals surface area contributed by atoms with E-state index in [1.807, 2.05) is 0 Å². The monoisotopic (exact) mass is 294 g/mol. The van der Waals surface area contributed by atoms with E-state index in [-0.39, 0.29) is 27.4 Å². The van der Waals surface area contributed by atoms with E-state index in [1.165, 1.54) is 0 Å². The van der Waals surface area contributed by atoms with E-state index in [0.29, 0.717) is 0 Å². The molecule has 0 aromatic rings.